The van der Waals surface area contributed by atoms with Crippen molar-refractivity contribution in [1.82, 2.24) is 9.55 Å². The van der Waals surface area contributed by atoms with Gasteiger partial charge in [-0.15, -0.1) is 0 Å². The lowest BCUT2D eigenvalue weighted by molar-refractivity contribution is 0.460. The van der Waals surface area contributed by atoms with Gasteiger partial charge in [-0.25, -0.2) is 13.8 Å². The highest BCUT2D eigenvalue weighted by atomic mass is 19.2. The summed E-state index contributed by atoms with van der Waals surface area (Å²) < 4.78 is 29.0. The lowest BCUT2D eigenvalue weighted by Crippen LogP contribution is -2.24. The van der Waals surface area contributed by atoms with Crippen molar-refractivity contribution in [3.05, 3.63) is 41.7 Å². The number of aryl methyl sites for hydroxylation is 1. The average Bonchev–Trinajstić information content (AvgIpc) is 2.83. The standard InChI is InChI=1S/C16H19F2N3/c1-11-10-21(14-9-5-8-13(17)15(14)18)16(19-11)20-12-6-3-2-4-7-12/h5,8-10,12H,2-4,6-7H2,1H3,(H,19,20). The molecule has 1 heterocycles. The first kappa shape index (κ1) is 14.0. The van der Waals surface area contributed by atoms with Crippen LogP contribution >= 0.6 is 0 Å². The van der Waals surface area contributed by atoms with Crippen LogP contribution in [0.1, 0.15) is 37.8 Å². The number of hydrogen-bond donors (Lipinski definition) is 1. The Labute approximate surface area is 123 Å². The number of hydrogen-bond acceptors (Lipinski definition) is 2. The molecule has 112 valence electrons. The van der Waals surface area contributed by atoms with Gasteiger partial charge in [0, 0.05) is 12.2 Å². The van der Waals surface area contributed by atoms with E-state index in [1.54, 1.807) is 16.8 Å². The first-order chi connectivity index (χ1) is 10.1. The molecule has 0 saturated heterocycles. The Morgan fingerprint density at radius 3 is 2.71 bits per heavy atom. The normalized spacial score (nSPS) is 16.1. The quantitative estimate of drug-likeness (QED) is 0.918. The van der Waals surface area contributed by atoms with Crippen LogP contribution in [0.25, 0.3) is 5.69 Å². The number of benzene rings is 1. The van der Waals surface area contributed by atoms with Gasteiger partial charge in [0.05, 0.1) is 11.4 Å². The van der Waals surface area contributed by atoms with E-state index >= 15 is 0 Å². The summed E-state index contributed by atoms with van der Waals surface area (Å²) in [5.41, 5.74) is 0.964. The van der Waals surface area contributed by atoms with Crippen LogP contribution in [0.2, 0.25) is 0 Å². The van der Waals surface area contributed by atoms with E-state index in [2.05, 4.69) is 10.3 Å². The molecule has 2 aromatic rings. The van der Waals surface area contributed by atoms with E-state index < -0.39 is 11.6 Å². The molecule has 0 aliphatic heterocycles. The van der Waals surface area contributed by atoms with Gasteiger partial charge in [-0.05, 0) is 31.9 Å². The molecule has 1 aromatic carbocycles. The number of rotatable bonds is 3. The molecule has 3 rings (SSSR count). The SMILES string of the molecule is Cc1cn(-c2cccc(F)c2F)c(NC2CCCCC2)n1. The van der Waals surface area contributed by atoms with E-state index in [-0.39, 0.29) is 5.69 Å². The molecule has 1 saturated carbocycles. The summed E-state index contributed by atoms with van der Waals surface area (Å²) in [6.07, 6.45) is 7.58. The van der Waals surface area contributed by atoms with Crippen LogP contribution in [0.15, 0.2) is 24.4 Å². The van der Waals surface area contributed by atoms with Crippen molar-refractivity contribution in [3.63, 3.8) is 0 Å². The van der Waals surface area contributed by atoms with Gasteiger partial charge in [0.25, 0.3) is 0 Å². The minimum atomic E-state index is -0.846. The van der Waals surface area contributed by atoms with E-state index in [4.69, 9.17) is 0 Å². The fraction of sp³-hybridized carbons (Fsp3) is 0.438. The van der Waals surface area contributed by atoms with Crippen LogP contribution in [0.4, 0.5) is 14.7 Å². The molecule has 1 aliphatic carbocycles. The number of nitrogens with one attached hydrogen (secondary N) is 1. The lowest BCUT2D eigenvalue weighted by atomic mass is 9.96. The number of aromatic nitrogens is 2. The van der Waals surface area contributed by atoms with Crippen LogP contribution in [-0.2, 0) is 0 Å². The zero-order valence-electron chi connectivity index (χ0n) is 12.1. The Morgan fingerprint density at radius 1 is 1.19 bits per heavy atom. The van der Waals surface area contributed by atoms with Gasteiger partial charge in [-0.1, -0.05) is 25.3 Å². The van der Waals surface area contributed by atoms with Crippen molar-refractivity contribution in [3.8, 4) is 5.69 Å². The maximum absolute atomic E-state index is 14.0. The first-order valence-corrected chi connectivity index (χ1v) is 7.42. The van der Waals surface area contributed by atoms with E-state index in [1.807, 2.05) is 6.92 Å². The van der Waals surface area contributed by atoms with Crippen molar-refractivity contribution >= 4 is 5.95 Å². The predicted molar refractivity (Wildman–Crippen MR) is 78.7 cm³/mol. The maximum Gasteiger partial charge on any atom is 0.208 e. The molecular weight excluding hydrogens is 272 g/mol. The third-order valence-electron chi connectivity index (χ3n) is 3.96. The summed E-state index contributed by atoms with van der Waals surface area (Å²) in [5.74, 6) is -1.10. The van der Waals surface area contributed by atoms with Crippen LogP contribution < -0.4 is 5.32 Å². The number of halogens is 2. The number of anilines is 1. The molecule has 0 unspecified atom stereocenters. The fourth-order valence-corrected chi connectivity index (χ4v) is 2.89. The molecule has 3 nitrogen and oxygen atoms in total. The minimum absolute atomic E-state index is 0.189. The Morgan fingerprint density at radius 2 is 1.95 bits per heavy atom. The van der Waals surface area contributed by atoms with E-state index in [1.165, 1.54) is 25.3 Å². The van der Waals surface area contributed by atoms with Crippen molar-refractivity contribution in [2.45, 2.75) is 45.1 Å². The summed E-state index contributed by atoms with van der Waals surface area (Å²) in [6.45, 7) is 1.85. The summed E-state index contributed by atoms with van der Waals surface area (Å²) in [5, 5.41) is 3.38. The molecule has 1 aliphatic rings. The van der Waals surface area contributed by atoms with Crippen LogP contribution in [-0.4, -0.2) is 15.6 Å². The van der Waals surface area contributed by atoms with Gasteiger partial charge in [-0.2, -0.15) is 0 Å². The molecule has 0 amide bonds. The third-order valence-corrected chi connectivity index (χ3v) is 3.96. The van der Waals surface area contributed by atoms with Crippen molar-refractivity contribution < 1.29 is 8.78 Å². The summed E-state index contributed by atoms with van der Waals surface area (Å²) in [4.78, 5) is 4.41. The molecule has 0 bridgehead atoms. The molecule has 0 radical (unpaired) electrons. The Balaban J connectivity index is 1.93. The van der Waals surface area contributed by atoms with Crippen molar-refractivity contribution in [2.75, 3.05) is 5.32 Å². The summed E-state index contributed by atoms with van der Waals surface area (Å²) in [6, 6.07) is 4.55. The Kier molecular flexibility index (Phi) is 3.90. The smallest absolute Gasteiger partial charge is 0.208 e. The van der Waals surface area contributed by atoms with Gasteiger partial charge in [0.1, 0.15) is 0 Å². The van der Waals surface area contributed by atoms with Gasteiger partial charge < -0.3 is 5.32 Å². The molecule has 1 aromatic heterocycles. The zero-order chi connectivity index (χ0) is 14.8. The largest absolute Gasteiger partial charge is 0.353 e. The Hall–Kier alpha value is -1.91. The number of nitrogens with zero attached hydrogens (tertiary/aromatic N) is 2. The molecule has 5 heteroatoms. The molecule has 21 heavy (non-hydrogen) atoms. The van der Waals surface area contributed by atoms with Gasteiger partial charge in [0.15, 0.2) is 11.6 Å². The second kappa shape index (κ2) is 5.84. The highest BCUT2D eigenvalue weighted by molar-refractivity contribution is 5.44. The molecule has 0 atom stereocenters. The van der Waals surface area contributed by atoms with Crippen LogP contribution in [0, 0.1) is 18.6 Å². The predicted octanol–water partition coefficient (Wildman–Crippen LogP) is 4.20. The Bertz CT molecular complexity index is 630. The number of imidazole rings is 1. The first-order valence-electron chi connectivity index (χ1n) is 7.42. The second-order valence-electron chi connectivity index (χ2n) is 5.63. The topological polar surface area (TPSA) is 29.9 Å². The van der Waals surface area contributed by atoms with Crippen LogP contribution in [0.3, 0.4) is 0 Å². The summed E-state index contributed by atoms with van der Waals surface area (Å²) in [7, 11) is 0. The van der Waals surface area contributed by atoms with E-state index in [0.717, 1.165) is 24.6 Å². The third kappa shape index (κ3) is 2.91. The molecular formula is C16H19F2N3. The highest BCUT2D eigenvalue weighted by Gasteiger charge is 2.18. The van der Waals surface area contributed by atoms with Crippen molar-refractivity contribution in [2.24, 2.45) is 0 Å². The van der Waals surface area contributed by atoms with Crippen LogP contribution in [0.5, 0.6) is 0 Å². The molecule has 1 N–H and O–H groups in total. The van der Waals surface area contributed by atoms with E-state index in [9.17, 15) is 8.78 Å². The second-order valence-corrected chi connectivity index (χ2v) is 5.63. The average molecular weight is 291 g/mol. The van der Waals surface area contributed by atoms with E-state index in [0.29, 0.717) is 12.0 Å². The minimum Gasteiger partial charge on any atom is -0.353 e. The maximum atomic E-state index is 14.0. The monoisotopic (exact) mass is 291 g/mol. The lowest BCUT2D eigenvalue weighted by Gasteiger charge is -2.23. The highest BCUT2D eigenvalue weighted by Crippen LogP contribution is 2.25. The zero-order valence-corrected chi connectivity index (χ0v) is 12.1. The fourth-order valence-electron chi connectivity index (χ4n) is 2.89. The van der Waals surface area contributed by atoms with Gasteiger partial charge >= 0.3 is 0 Å². The van der Waals surface area contributed by atoms with Gasteiger partial charge in [0.2, 0.25) is 5.95 Å². The molecule has 1 fully saturated rings. The van der Waals surface area contributed by atoms with Crippen molar-refractivity contribution in [1.29, 1.82) is 0 Å². The molecule has 0 spiro atoms. The van der Waals surface area contributed by atoms with Gasteiger partial charge in [-0.3, -0.25) is 4.57 Å². The summed E-state index contributed by atoms with van der Waals surface area (Å²) >= 11 is 0.